The predicted octanol–water partition coefficient (Wildman–Crippen LogP) is 2.76. The zero-order valence-corrected chi connectivity index (χ0v) is 14.1. The highest BCUT2D eigenvalue weighted by molar-refractivity contribution is 5.72. The highest BCUT2D eigenvalue weighted by Gasteiger charge is 2.47. The van der Waals surface area contributed by atoms with Crippen molar-refractivity contribution >= 4 is 11.4 Å². The number of rotatable bonds is 4. The molecule has 1 aromatic carbocycles. The van der Waals surface area contributed by atoms with Gasteiger partial charge in [0.1, 0.15) is 11.4 Å². The zero-order chi connectivity index (χ0) is 16.9. The molecule has 6 heteroatoms. The number of fused-ring (bicyclic) bond motifs is 1. The first kappa shape index (κ1) is 15.9. The van der Waals surface area contributed by atoms with Crippen molar-refractivity contribution in [2.24, 2.45) is 5.92 Å². The van der Waals surface area contributed by atoms with Crippen LogP contribution in [0.4, 0.5) is 20.2 Å². The van der Waals surface area contributed by atoms with E-state index < -0.39 is 6.43 Å². The topological polar surface area (TPSA) is 41.7 Å². The van der Waals surface area contributed by atoms with E-state index in [1.807, 2.05) is 11.0 Å². The van der Waals surface area contributed by atoms with Gasteiger partial charge in [-0.15, -0.1) is 0 Å². The molecule has 0 aromatic heterocycles. The van der Waals surface area contributed by atoms with Gasteiger partial charge in [0, 0.05) is 44.2 Å². The standard InChI is InChI=1S/C18H25F2N3O/c1-18(13-2-3-13)10-12-8-14(21)15(9-16(12)24-18)23-6-4-22(5-7-23)11-17(19)20/h8-9,13,17H,2-7,10-11,21H2,1H3. The fourth-order valence-corrected chi connectivity index (χ4v) is 4.09. The average molecular weight is 337 g/mol. The van der Waals surface area contributed by atoms with Gasteiger partial charge in [0.15, 0.2) is 0 Å². The van der Waals surface area contributed by atoms with Crippen LogP contribution < -0.4 is 15.4 Å². The molecule has 2 aliphatic heterocycles. The Balaban J connectivity index is 1.48. The maximum Gasteiger partial charge on any atom is 0.251 e. The molecule has 0 radical (unpaired) electrons. The molecule has 1 aromatic rings. The number of nitrogens with zero attached hydrogens (tertiary/aromatic N) is 2. The van der Waals surface area contributed by atoms with Crippen LogP contribution in [0.2, 0.25) is 0 Å². The minimum absolute atomic E-state index is 0.0800. The van der Waals surface area contributed by atoms with E-state index in [-0.39, 0.29) is 12.1 Å². The molecule has 3 aliphatic rings. The Kier molecular flexibility index (Phi) is 3.82. The number of benzene rings is 1. The van der Waals surface area contributed by atoms with E-state index in [0.717, 1.165) is 36.6 Å². The Morgan fingerprint density at radius 2 is 1.96 bits per heavy atom. The van der Waals surface area contributed by atoms with Crippen molar-refractivity contribution in [3.05, 3.63) is 17.7 Å². The second-order valence-corrected chi connectivity index (χ2v) is 7.56. The summed E-state index contributed by atoms with van der Waals surface area (Å²) in [4.78, 5) is 4.00. The number of hydrogen-bond acceptors (Lipinski definition) is 4. The van der Waals surface area contributed by atoms with Crippen LogP contribution in [-0.2, 0) is 6.42 Å². The van der Waals surface area contributed by atoms with E-state index in [9.17, 15) is 8.78 Å². The summed E-state index contributed by atoms with van der Waals surface area (Å²) in [6, 6.07) is 4.10. The third kappa shape index (κ3) is 2.92. The normalized spacial score (nSPS) is 27.4. The first-order chi connectivity index (χ1) is 11.4. The SMILES string of the molecule is CC1(C2CC2)Cc2cc(N)c(N3CCN(CC(F)F)CC3)cc2O1. The molecule has 0 amide bonds. The molecule has 1 atom stereocenters. The zero-order valence-electron chi connectivity index (χ0n) is 14.1. The molecule has 1 unspecified atom stereocenters. The molecular formula is C18H25F2N3O. The van der Waals surface area contributed by atoms with Crippen molar-refractivity contribution < 1.29 is 13.5 Å². The van der Waals surface area contributed by atoms with Gasteiger partial charge in [-0.05, 0) is 31.7 Å². The van der Waals surface area contributed by atoms with Crippen LogP contribution in [0.15, 0.2) is 12.1 Å². The summed E-state index contributed by atoms with van der Waals surface area (Å²) < 4.78 is 31.3. The Labute approximate surface area is 141 Å². The molecule has 1 saturated heterocycles. The quantitative estimate of drug-likeness (QED) is 0.858. The predicted molar refractivity (Wildman–Crippen MR) is 91.0 cm³/mol. The van der Waals surface area contributed by atoms with E-state index in [0.29, 0.717) is 19.0 Å². The summed E-state index contributed by atoms with van der Waals surface area (Å²) >= 11 is 0. The second kappa shape index (κ2) is 5.76. The summed E-state index contributed by atoms with van der Waals surface area (Å²) in [5, 5.41) is 0. The highest BCUT2D eigenvalue weighted by Crippen LogP contribution is 2.50. The van der Waals surface area contributed by atoms with Gasteiger partial charge in [-0.3, -0.25) is 4.90 Å². The van der Waals surface area contributed by atoms with Gasteiger partial charge < -0.3 is 15.4 Å². The first-order valence-corrected chi connectivity index (χ1v) is 8.81. The molecule has 2 N–H and O–H groups in total. The van der Waals surface area contributed by atoms with Crippen LogP contribution in [0, 0.1) is 5.92 Å². The van der Waals surface area contributed by atoms with Crippen LogP contribution >= 0.6 is 0 Å². The van der Waals surface area contributed by atoms with Crippen LogP contribution in [0.1, 0.15) is 25.3 Å². The molecule has 132 valence electrons. The first-order valence-electron chi connectivity index (χ1n) is 8.81. The molecular weight excluding hydrogens is 312 g/mol. The molecule has 2 heterocycles. The number of nitrogen functional groups attached to an aromatic ring is 1. The van der Waals surface area contributed by atoms with Gasteiger partial charge in [-0.1, -0.05) is 0 Å². The van der Waals surface area contributed by atoms with Gasteiger partial charge in [0.05, 0.1) is 17.9 Å². The summed E-state index contributed by atoms with van der Waals surface area (Å²) in [6.45, 7) is 4.77. The molecule has 2 fully saturated rings. The van der Waals surface area contributed by atoms with Crippen molar-refractivity contribution in [2.75, 3.05) is 43.4 Å². The Hall–Kier alpha value is -1.56. The van der Waals surface area contributed by atoms with E-state index >= 15 is 0 Å². The monoisotopic (exact) mass is 337 g/mol. The Morgan fingerprint density at radius 1 is 1.25 bits per heavy atom. The molecule has 1 saturated carbocycles. The number of nitrogens with two attached hydrogens (primary N) is 1. The number of anilines is 2. The van der Waals surface area contributed by atoms with Crippen molar-refractivity contribution in [1.82, 2.24) is 4.90 Å². The number of alkyl halides is 2. The molecule has 4 nitrogen and oxygen atoms in total. The number of hydrogen-bond donors (Lipinski definition) is 1. The fraction of sp³-hybridized carbons (Fsp3) is 0.667. The van der Waals surface area contributed by atoms with Gasteiger partial charge in [-0.2, -0.15) is 0 Å². The van der Waals surface area contributed by atoms with Gasteiger partial charge in [-0.25, -0.2) is 8.78 Å². The Bertz CT molecular complexity index is 627. The number of halogens is 2. The van der Waals surface area contributed by atoms with Crippen LogP contribution in [-0.4, -0.2) is 49.7 Å². The second-order valence-electron chi connectivity index (χ2n) is 7.56. The largest absolute Gasteiger partial charge is 0.487 e. The maximum atomic E-state index is 12.5. The van der Waals surface area contributed by atoms with Crippen LogP contribution in [0.25, 0.3) is 0 Å². The molecule has 1 aliphatic carbocycles. The lowest BCUT2D eigenvalue weighted by molar-refractivity contribution is 0.0854. The van der Waals surface area contributed by atoms with Gasteiger partial charge in [0.2, 0.25) is 0 Å². The van der Waals surface area contributed by atoms with Gasteiger partial charge >= 0.3 is 0 Å². The van der Waals surface area contributed by atoms with Crippen LogP contribution in [0.5, 0.6) is 5.75 Å². The number of piperazine rings is 1. The summed E-state index contributed by atoms with van der Waals surface area (Å²) in [7, 11) is 0. The van der Waals surface area contributed by atoms with E-state index in [1.165, 1.54) is 18.4 Å². The van der Waals surface area contributed by atoms with Crippen LogP contribution in [0.3, 0.4) is 0 Å². The fourth-order valence-electron chi connectivity index (χ4n) is 4.09. The lowest BCUT2D eigenvalue weighted by Gasteiger charge is -2.36. The summed E-state index contributed by atoms with van der Waals surface area (Å²) in [5.41, 5.74) is 9.15. The average Bonchev–Trinajstić information content (AvgIpc) is 3.31. The van der Waals surface area contributed by atoms with E-state index in [2.05, 4.69) is 17.9 Å². The highest BCUT2D eigenvalue weighted by atomic mass is 19.3. The van der Waals surface area contributed by atoms with Crippen molar-refractivity contribution in [3.8, 4) is 5.75 Å². The van der Waals surface area contributed by atoms with Crippen molar-refractivity contribution in [3.63, 3.8) is 0 Å². The smallest absolute Gasteiger partial charge is 0.251 e. The van der Waals surface area contributed by atoms with Gasteiger partial charge in [0.25, 0.3) is 6.43 Å². The third-order valence-electron chi connectivity index (χ3n) is 5.64. The van der Waals surface area contributed by atoms with E-state index in [4.69, 9.17) is 10.5 Å². The molecule has 0 spiro atoms. The minimum Gasteiger partial charge on any atom is -0.487 e. The minimum atomic E-state index is -2.27. The lowest BCUT2D eigenvalue weighted by atomic mass is 9.94. The van der Waals surface area contributed by atoms with Crippen molar-refractivity contribution in [2.45, 2.75) is 38.2 Å². The summed E-state index contributed by atoms with van der Waals surface area (Å²) in [6.07, 6.45) is 1.16. The third-order valence-corrected chi connectivity index (χ3v) is 5.64. The molecule has 4 rings (SSSR count). The Morgan fingerprint density at radius 3 is 2.58 bits per heavy atom. The number of ether oxygens (including phenoxy) is 1. The van der Waals surface area contributed by atoms with E-state index in [1.54, 1.807) is 0 Å². The lowest BCUT2D eigenvalue weighted by Crippen LogP contribution is -2.48. The molecule has 24 heavy (non-hydrogen) atoms. The van der Waals surface area contributed by atoms with Crippen molar-refractivity contribution in [1.29, 1.82) is 0 Å². The molecule has 0 bridgehead atoms. The summed E-state index contributed by atoms with van der Waals surface area (Å²) in [5.74, 6) is 1.61. The maximum absolute atomic E-state index is 12.5.